The maximum Gasteiger partial charge on any atom is 0.223 e. The van der Waals surface area contributed by atoms with Crippen molar-refractivity contribution in [3.63, 3.8) is 0 Å². The van der Waals surface area contributed by atoms with Gasteiger partial charge in [-0.3, -0.25) is 4.79 Å². The molecule has 2 aromatic rings. The smallest absolute Gasteiger partial charge is 0.223 e. The van der Waals surface area contributed by atoms with E-state index in [1.54, 1.807) is 7.05 Å². The molecule has 4 heteroatoms. The van der Waals surface area contributed by atoms with Crippen LogP contribution in [0.25, 0.3) is 10.8 Å². The first kappa shape index (κ1) is 15.3. The summed E-state index contributed by atoms with van der Waals surface area (Å²) in [6.45, 7) is 2.35. The van der Waals surface area contributed by atoms with Gasteiger partial charge in [0.25, 0.3) is 0 Å². The van der Waals surface area contributed by atoms with Crippen LogP contribution in [0.4, 0.5) is 0 Å². The van der Waals surface area contributed by atoms with Crippen LogP contribution >= 0.6 is 0 Å². The Bertz CT molecular complexity index is 623. The van der Waals surface area contributed by atoms with Gasteiger partial charge < -0.3 is 15.8 Å². The molecular formula is C17H22N2O2. The van der Waals surface area contributed by atoms with Crippen molar-refractivity contribution < 1.29 is 9.53 Å². The molecule has 0 heterocycles. The normalized spacial score (nSPS) is 12.1. The van der Waals surface area contributed by atoms with Crippen molar-refractivity contribution in [2.24, 2.45) is 5.73 Å². The lowest BCUT2D eigenvalue weighted by atomic mass is 9.98. The van der Waals surface area contributed by atoms with E-state index < -0.39 is 0 Å². The zero-order chi connectivity index (χ0) is 15.2. The Kier molecular flexibility index (Phi) is 5.17. The number of nitrogens with two attached hydrogens (primary N) is 1. The van der Waals surface area contributed by atoms with E-state index in [-0.39, 0.29) is 11.9 Å². The summed E-state index contributed by atoms with van der Waals surface area (Å²) >= 11 is 0. The average molecular weight is 286 g/mol. The second-order valence-electron chi connectivity index (χ2n) is 5.22. The van der Waals surface area contributed by atoms with Gasteiger partial charge in [0.05, 0.1) is 13.0 Å². The van der Waals surface area contributed by atoms with Gasteiger partial charge in [0.2, 0.25) is 5.91 Å². The van der Waals surface area contributed by atoms with Gasteiger partial charge in [-0.05, 0) is 30.2 Å². The van der Waals surface area contributed by atoms with Gasteiger partial charge in [-0.1, -0.05) is 30.3 Å². The van der Waals surface area contributed by atoms with Crippen molar-refractivity contribution in [2.75, 3.05) is 13.7 Å². The first-order chi connectivity index (χ1) is 10.1. The van der Waals surface area contributed by atoms with Gasteiger partial charge in [0.1, 0.15) is 5.75 Å². The van der Waals surface area contributed by atoms with E-state index in [0.717, 1.165) is 23.1 Å². The summed E-state index contributed by atoms with van der Waals surface area (Å²) in [5.41, 5.74) is 7.07. The predicted octanol–water partition coefficient (Wildman–Crippen LogP) is 2.24. The van der Waals surface area contributed by atoms with E-state index >= 15 is 0 Å². The van der Waals surface area contributed by atoms with Gasteiger partial charge in [0, 0.05) is 18.7 Å². The van der Waals surface area contributed by atoms with Gasteiger partial charge in [-0.25, -0.2) is 0 Å². The van der Waals surface area contributed by atoms with Gasteiger partial charge in [0.15, 0.2) is 0 Å². The number of benzene rings is 2. The molecule has 2 aromatic carbocycles. The zero-order valence-corrected chi connectivity index (χ0v) is 12.6. The lowest BCUT2D eigenvalue weighted by Gasteiger charge is -2.15. The molecule has 0 aliphatic rings. The third-order valence-electron chi connectivity index (χ3n) is 3.39. The molecule has 0 aromatic heterocycles. The highest BCUT2D eigenvalue weighted by Crippen LogP contribution is 2.29. The summed E-state index contributed by atoms with van der Waals surface area (Å²) in [4.78, 5) is 11.3. The summed E-state index contributed by atoms with van der Waals surface area (Å²) in [5, 5.41) is 4.92. The molecule has 112 valence electrons. The van der Waals surface area contributed by atoms with Crippen molar-refractivity contribution in [1.82, 2.24) is 5.32 Å². The summed E-state index contributed by atoms with van der Waals surface area (Å²) in [7, 11) is 1.62. The number of carbonyl (C=O) groups is 1. The van der Waals surface area contributed by atoms with Gasteiger partial charge in [-0.15, -0.1) is 0 Å². The minimum Gasteiger partial charge on any atom is -0.493 e. The molecule has 1 unspecified atom stereocenters. The van der Waals surface area contributed by atoms with Crippen molar-refractivity contribution in [3.05, 3.63) is 42.0 Å². The van der Waals surface area contributed by atoms with Crippen LogP contribution in [-0.2, 0) is 11.2 Å². The van der Waals surface area contributed by atoms with E-state index in [2.05, 4.69) is 17.4 Å². The van der Waals surface area contributed by atoms with Crippen LogP contribution in [0.5, 0.6) is 5.75 Å². The highest BCUT2D eigenvalue weighted by Gasteiger charge is 2.11. The maximum absolute atomic E-state index is 11.3. The van der Waals surface area contributed by atoms with E-state index in [9.17, 15) is 4.79 Å². The van der Waals surface area contributed by atoms with Crippen LogP contribution in [0.2, 0.25) is 0 Å². The molecule has 2 rings (SSSR count). The molecule has 0 saturated carbocycles. The molecule has 4 nitrogen and oxygen atoms in total. The summed E-state index contributed by atoms with van der Waals surface area (Å²) in [6, 6.07) is 12.2. The van der Waals surface area contributed by atoms with Crippen molar-refractivity contribution >= 4 is 16.7 Å². The minimum absolute atomic E-state index is 0.0236. The molecule has 0 spiro atoms. The summed E-state index contributed by atoms with van der Waals surface area (Å²) in [5.74, 6) is 0.791. The molecule has 21 heavy (non-hydrogen) atoms. The van der Waals surface area contributed by atoms with E-state index in [0.29, 0.717) is 13.0 Å². The van der Waals surface area contributed by atoms with Crippen LogP contribution < -0.4 is 15.8 Å². The number of carbonyl (C=O) groups excluding carboxylic acids is 1. The largest absolute Gasteiger partial charge is 0.493 e. The van der Waals surface area contributed by atoms with Crippen LogP contribution in [0.1, 0.15) is 18.9 Å². The molecule has 1 amide bonds. The van der Waals surface area contributed by atoms with Gasteiger partial charge in [-0.2, -0.15) is 0 Å². The Morgan fingerprint density at radius 3 is 2.76 bits per heavy atom. The number of rotatable bonds is 6. The van der Waals surface area contributed by atoms with Crippen LogP contribution in [0.3, 0.4) is 0 Å². The molecular weight excluding hydrogens is 264 g/mol. The quantitative estimate of drug-likeness (QED) is 0.856. The van der Waals surface area contributed by atoms with Crippen molar-refractivity contribution in [1.29, 1.82) is 0 Å². The number of amides is 1. The predicted molar refractivity (Wildman–Crippen MR) is 85.5 cm³/mol. The topological polar surface area (TPSA) is 64.3 Å². The highest BCUT2D eigenvalue weighted by atomic mass is 16.5. The Morgan fingerprint density at radius 2 is 2.05 bits per heavy atom. The maximum atomic E-state index is 11.3. The first-order valence-electron chi connectivity index (χ1n) is 7.21. The number of fused-ring (bicyclic) bond motifs is 1. The first-order valence-corrected chi connectivity index (χ1v) is 7.21. The molecule has 0 radical (unpaired) electrons. The minimum atomic E-state index is -0.0236. The Morgan fingerprint density at radius 1 is 1.29 bits per heavy atom. The van der Waals surface area contributed by atoms with Crippen LogP contribution in [0.15, 0.2) is 36.4 Å². The molecule has 1 atom stereocenters. The fraction of sp³-hybridized carbons (Fsp3) is 0.353. The zero-order valence-electron chi connectivity index (χ0n) is 12.6. The molecule has 0 bridgehead atoms. The average Bonchev–Trinajstić information content (AvgIpc) is 2.48. The monoisotopic (exact) mass is 286 g/mol. The Balaban J connectivity index is 2.26. The van der Waals surface area contributed by atoms with Gasteiger partial charge >= 0.3 is 0 Å². The third kappa shape index (κ3) is 3.95. The van der Waals surface area contributed by atoms with E-state index in [4.69, 9.17) is 10.5 Å². The number of ether oxygens (including phenoxy) is 1. The third-order valence-corrected chi connectivity index (χ3v) is 3.39. The van der Waals surface area contributed by atoms with Crippen LogP contribution in [0, 0.1) is 0 Å². The highest BCUT2D eigenvalue weighted by molar-refractivity contribution is 5.87. The van der Waals surface area contributed by atoms with Crippen molar-refractivity contribution in [3.8, 4) is 5.75 Å². The molecule has 0 fully saturated rings. The second-order valence-corrected chi connectivity index (χ2v) is 5.22. The Labute approximate surface area is 125 Å². The number of hydrogen-bond acceptors (Lipinski definition) is 3. The summed E-state index contributed by atoms with van der Waals surface area (Å²) < 4.78 is 5.80. The summed E-state index contributed by atoms with van der Waals surface area (Å²) in [6.07, 6.45) is 1.09. The Hall–Kier alpha value is -2.07. The number of hydrogen-bond donors (Lipinski definition) is 2. The van der Waals surface area contributed by atoms with Crippen LogP contribution in [-0.4, -0.2) is 25.6 Å². The SMILES string of the molecule is CNC(=O)CCOc1ccc2ccccc2c1CC(C)N. The molecule has 0 aliphatic heterocycles. The fourth-order valence-corrected chi connectivity index (χ4v) is 2.36. The lowest BCUT2D eigenvalue weighted by Crippen LogP contribution is -2.21. The van der Waals surface area contributed by atoms with E-state index in [1.807, 2.05) is 31.2 Å². The lowest BCUT2D eigenvalue weighted by molar-refractivity contribution is -0.121. The fourth-order valence-electron chi connectivity index (χ4n) is 2.36. The van der Waals surface area contributed by atoms with Crippen molar-refractivity contribution in [2.45, 2.75) is 25.8 Å². The molecule has 0 aliphatic carbocycles. The number of nitrogens with one attached hydrogen (secondary N) is 1. The second kappa shape index (κ2) is 7.09. The van der Waals surface area contributed by atoms with E-state index in [1.165, 1.54) is 5.39 Å². The molecule has 0 saturated heterocycles. The molecule has 3 N–H and O–H groups in total. The standard InChI is InChI=1S/C17H22N2O2/c1-12(18)11-15-14-6-4-3-5-13(14)7-8-16(15)21-10-9-17(20)19-2/h3-8,12H,9-11,18H2,1-2H3,(H,19,20).